The SMILES string of the molecule is CC[C@@H]1N=C(C23CC(N(Cc4ccc(C(F)(F)F)cc4)S(=O)(=O)c4ccc(F)cc4)(C2)C3)N[C@@]1(C)C(=O)NCCC(F)(F)F. The maximum Gasteiger partial charge on any atom is 0.416 e. The Morgan fingerprint density at radius 1 is 1.02 bits per heavy atom. The molecule has 2 N–H and O–H groups in total. The second-order valence-electron chi connectivity index (χ2n) is 12.0. The highest BCUT2D eigenvalue weighted by Crippen LogP contribution is 2.71. The highest BCUT2D eigenvalue weighted by Gasteiger charge is 2.75. The van der Waals surface area contributed by atoms with E-state index in [1.165, 1.54) is 16.4 Å². The standard InChI is InChI=1S/C29H31F7N4O3S/c1-3-22-25(2,24(41)37-13-12-28(31,32)33)39-23(38-22)26-15-27(16-26,17-26)40(44(42,43)21-10-8-20(30)9-11-21)14-18-4-6-19(7-5-18)29(34,35)36/h4-11,22H,3,12-17H2,1-2H3,(H,37,41)(H,38,39)/t22-,25+,26?,27?/m0/s1. The van der Waals surface area contributed by atoms with E-state index in [2.05, 4.69) is 10.6 Å². The van der Waals surface area contributed by atoms with Crippen molar-refractivity contribution in [3.8, 4) is 0 Å². The summed E-state index contributed by atoms with van der Waals surface area (Å²) in [5, 5.41) is 5.48. The minimum absolute atomic E-state index is 0.171. The number of alkyl halides is 6. The fourth-order valence-corrected chi connectivity index (χ4v) is 8.34. The van der Waals surface area contributed by atoms with Gasteiger partial charge in [0.05, 0.1) is 22.9 Å². The zero-order valence-corrected chi connectivity index (χ0v) is 24.6. The topological polar surface area (TPSA) is 90.9 Å². The second kappa shape index (κ2) is 10.7. The lowest BCUT2D eigenvalue weighted by atomic mass is 9.38. The van der Waals surface area contributed by atoms with Crippen LogP contribution in [0.5, 0.6) is 0 Å². The minimum atomic E-state index is -4.56. The van der Waals surface area contributed by atoms with Gasteiger partial charge in [-0.15, -0.1) is 0 Å². The van der Waals surface area contributed by atoms with Crippen molar-refractivity contribution in [2.75, 3.05) is 6.54 Å². The van der Waals surface area contributed by atoms with Crippen LogP contribution in [0.15, 0.2) is 58.4 Å². The summed E-state index contributed by atoms with van der Waals surface area (Å²) in [5.41, 5.74) is -3.37. The van der Waals surface area contributed by atoms with Gasteiger partial charge < -0.3 is 10.6 Å². The molecule has 1 aliphatic heterocycles. The van der Waals surface area contributed by atoms with Gasteiger partial charge >= 0.3 is 12.4 Å². The predicted octanol–water partition coefficient (Wildman–Crippen LogP) is 5.57. The molecule has 6 rings (SSSR count). The first-order valence-electron chi connectivity index (χ1n) is 14.0. The third-order valence-electron chi connectivity index (χ3n) is 8.92. The normalized spacial score (nSPS) is 28.1. The lowest BCUT2D eigenvalue weighted by molar-refractivity contribution is -0.151. The molecule has 7 nitrogen and oxygen atoms in total. The van der Waals surface area contributed by atoms with Gasteiger partial charge in [-0.05, 0) is 74.6 Å². The molecular formula is C29H31F7N4O3S. The molecular weight excluding hydrogens is 617 g/mol. The second-order valence-corrected chi connectivity index (χ2v) is 13.9. The van der Waals surface area contributed by atoms with Gasteiger partial charge in [0.15, 0.2) is 0 Å². The number of carbonyl (C=O) groups excluding carboxylic acids is 1. The van der Waals surface area contributed by atoms with Crippen molar-refractivity contribution in [3.63, 3.8) is 0 Å². The Morgan fingerprint density at radius 3 is 2.14 bits per heavy atom. The summed E-state index contributed by atoms with van der Waals surface area (Å²) in [5.74, 6) is -0.783. The van der Waals surface area contributed by atoms with Crippen LogP contribution >= 0.6 is 0 Å². The van der Waals surface area contributed by atoms with Gasteiger partial charge in [0.2, 0.25) is 15.9 Å². The number of nitrogens with zero attached hydrogens (tertiary/aromatic N) is 2. The zero-order valence-electron chi connectivity index (χ0n) is 23.8. The highest BCUT2D eigenvalue weighted by atomic mass is 32.2. The summed E-state index contributed by atoms with van der Waals surface area (Å²) in [4.78, 5) is 17.5. The summed E-state index contributed by atoms with van der Waals surface area (Å²) < 4.78 is 120. The first-order valence-corrected chi connectivity index (χ1v) is 15.4. The van der Waals surface area contributed by atoms with Crippen molar-refractivity contribution in [1.29, 1.82) is 0 Å². The molecule has 0 unspecified atom stereocenters. The van der Waals surface area contributed by atoms with E-state index >= 15 is 0 Å². The van der Waals surface area contributed by atoms with E-state index in [4.69, 9.17) is 4.99 Å². The highest BCUT2D eigenvalue weighted by molar-refractivity contribution is 7.89. The van der Waals surface area contributed by atoms with Crippen molar-refractivity contribution in [2.24, 2.45) is 10.4 Å². The van der Waals surface area contributed by atoms with Crippen LogP contribution in [0.4, 0.5) is 30.7 Å². The van der Waals surface area contributed by atoms with Gasteiger partial charge in [0.1, 0.15) is 17.2 Å². The molecule has 240 valence electrons. The van der Waals surface area contributed by atoms with Gasteiger partial charge in [-0.25, -0.2) is 12.8 Å². The van der Waals surface area contributed by atoms with Crippen LogP contribution in [-0.4, -0.2) is 54.3 Å². The van der Waals surface area contributed by atoms with Crippen LogP contribution in [0.1, 0.15) is 57.1 Å². The smallest absolute Gasteiger partial charge is 0.358 e. The van der Waals surface area contributed by atoms with Crippen LogP contribution in [0.2, 0.25) is 0 Å². The summed E-state index contributed by atoms with van der Waals surface area (Å²) in [7, 11) is -4.23. The number of carbonyl (C=O) groups is 1. The number of sulfonamides is 1. The van der Waals surface area contributed by atoms with Crippen molar-refractivity contribution < 1.29 is 43.9 Å². The van der Waals surface area contributed by atoms with E-state index in [1.54, 1.807) is 13.8 Å². The summed E-state index contributed by atoms with van der Waals surface area (Å²) in [6.07, 6.45) is -8.85. The molecule has 2 bridgehead atoms. The molecule has 3 saturated carbocycles. The molecule has 3 fully saturated rings. The molecule has 0 saturated heterocycles. The Morgan fingerprint density at radius 2 is 1.61 bits per heavy atom. The molecule has 1 amide bonds. The molecule has 2 atom stereocenters. The number of rotatable bonds is 10. The molecule has 1 heterocycles. The van der Waals surface area contributed by atoms with E-state index < -0.39 is 75.2 Å². The molecule has 2 aromatic carbocycles. The van der Waals surface area contributed by atoms with Gasteiger partial charge in [0, 0.05) is 24.0 Å². The van der Waals surface area contributed by atoms with Crippen molar-refractivity contribution in [1.82, 2.24) is 14.9 Å². The minimum Gasteiger partial charge on any atom is -0.358 e. The predicted molar refractivity (Wildman–Crippen MR) is 146 cm³/mol. The van der Waals surface area contributed by atoms with E-state index in [0.717, 1.165) is 36.4 Å². The maximum atomic E-state index is 13.9. The number of nitrogens with one attached hydrogen (secondary N) is 2. The zero-order chi connectivity index (χ0) is 32.3. The first-order chi connectivity index (χ1) is 20.3. The third-order valence-corrected chi connectivity index (χ3v) is 10.9. The molecule has 0 spiro atoms. The number of halogens is 7. The van der Waals surface area contributed by atoms with E-state index in [-0.39, 0.29) is 11.4 Å². The Bertz CT molecular complexity index is 1540. The van der Waals surface area contributed by atoms with E-state index in [1.807, 2.05) is 0 Å². The van der Waals surface area contributed by atoms with Crippen molar-refractivity contribution in [3.05, 3.63) is 65.5 Å². The Kier molecular flexibility index (Phi) is 7.84. The van der Waals surface area contributed by atoms with Crippen molar-refractivity contribution in [2.45, 2.75) is 86.9 Å². The molecule has 0 radical (unpaired) electrons. The Balaban J connectivity index is 1.37. The van der Waals surface area contributed by atoms with Crippen LogP contribution in [0.3, 0.4) is 0 Å². The summed E-state index contributed by atoms with van der Waals surface area (Å²) in [6, 6.07) is 7.90. The van der Waals surface area contributed by atoms with Crippen LogP contribution in [0.25, 0.3) is 0 Å². The molecule has 4 aliphatic rings. The van der Waals surface area contributed by atoms with Crippen LogP contribution in [-0.2, 0) is 27.5 Å². The first kappa shape index (κ1) is 32.2. The monoisotopic (exact) mass is 648 g/mol. The fraction of sp³-hybridized carbons (Fsp3) is 0.517. The number of amidine groups is 1. The van der Waals surface area contributed by atoms with E-state index in [9.17, 15) is 43.9 Å². The Hall–Kier alpha value is -3.20. The van der Waals surface area contributed by atoms with Gasteiger partial charge in [-0.3, -0.25) is 9.79 Å². The summed E-state index contributed by atoms with van der Waals surface area (Å²) in [6.45, 7) is 2.55. The van der Waals surface area contributed by atoms with Gasteiger partial charge in [-0.1, -0.05) is 19.1 Å². The number of amides is 1. The molecule has 2 aromatic rings. The average Bonchev–Trinajstić information content (AvgIpc) is 3.23. The van der Waals surface area contributed by atoms with Gasteiger partial charge in [0.25, 0.3) is 0 Å². The largest absolute Gasteiger partial charge is 0.416 e. The Labute approximate surface area is 250 Å². The lowest BCUT2D eigenvalue weighted by Crippen LogP contribution is -2.79. The van der Waals surface area contributed by atoms with Crippen LogP contribution in [0, 0.1) is 11.2 Å². The lowest BCUT2D eigenvalue weighted by Gasteiger charge is -2.73. The molecule has 44 heavy (non-hydrogen) atoms. The quantitative estimate of drug-likeness (QED) is 0.330. The maximum absolute atomic E-state index is 13.9. The van der Waals surface area contributed by atoms with E-state index in [0.29, 0.717) is 37.1 Å². The number of hydrogen-bond donors (Lipinski definition) is 2. The third kappa shape index (κ3) is 5.68. The molecule has 3 aliphatic carbocycles. The number of benzene rings is 2. The number of aliphatic imine (C=N–C) groups is 1. The summed E-state index contributed by atoms with van der Waals surface area (Å²) >= 11 is 0. The number of hydrogen-bond acceptors (Lipinski definition) is 5. The molecule has 15 heteroatoms. The van der Waals surface area contributed by atoms with Crippen molar-refractivity contribution >= 4 is 21.8 Å². The van der Waals surface area contributed by atoms with Gasteiger partial charge in [-0.2, -0.15) is 30.6 Å². The van der Waals surface area contributed by atoms with Crippen LogP contribution < -0.4 is 10.6 Å². The average molecular weight is 649 g/mol. The molecule has 0 aromatic heterocycles. The fourth-order valence-electron chi connectivity index (χ4n) is 6.58.